The smallest absolute Gasteiger partial charge is 0.151 e. The SMILES string of the molecule is O=Cc1ccc(N2CCC(Cc3ccccc3)CC2)cc1Br. The first-order valence-corrected chi connectivity index (χ1v) is 8.59. The highest BCUT2D eigenvalue weighted by Crippen LogP contribution is 2.28. The number of carbonyl (C=O) groups excluding carboxylic acids is 1. The first kappa shape index (κ1) is 15.3. The number of carbonyl (C=O) groups is 1. The molecule has 3 heteroatoms. The van der Waals surface area contributed by atoms with Crippen LogP contribution in [0.3, 0.4) is 0 Å². The molecular formula is C19H20BrNO. The standard InChI is InChI=1S/C19H20BrNO/c20-19-13-18(7-6-17(19)14-22)21-10-8-16(9-11-21)12-15-4-2-1-3-5-15/h1-7,13-14,16H,8-12H2. The summed E-state index contributed by atoms with van der Waals surface area (Å²) in [6.07, 6.45) is 4.52. The van der Waals surface area contributed by atoms with Gasteiger partial charge in [0, 0.05) is 28.8 Å². The van der Waals surface area contributed by atoms with Crippen LogP contribution in [0.25, 0.3) is 0 Å². The zero-order valence-corrected chi connectivity index (χ0v) is 14.1. The van der Waals surface area contributed by atoms with Crippen molar-refractivity contribution in [1.29, 1.82) is 0 Å². The van der Waals surface area contributed by atoms with Gasteiger partial charge in [-0.15, -0.1) is 0 Å². The van der Waals surface area contributed by atoms with E-state index in [0.717, 1.165) is 29.8 Å². The minimum absolute atomic E-state index is 0.711. The highest BCUT2D eigenvalue weighted by atomic mass is 79.9. The molecule has 1 aliphatic heterocycles. The third-order valence-electron chi connectivity index (χ3n) is 4.46. The van der Waals surface area contributed by atoms with Gasteiger partial charge in [0.15, 0.2) is 6.29 Å². The Hall–Kier alpha value is -1.61. The van der Waals surface area contributed by atoms with Gasteiger partial charge in [0.05, 0.1) is 0 Å². The maximum absolute atomic E-state index is 10.9. The predicted octanol–water partition coefficient (Wildman–Crippen LogP) is 4.72. The summed E-state index contributed by atoms with van der Waals surface area (Å²) in [5, 5.41) is 0. The second-order valence-corrected chi connectivity index (χ2v) is 6.80. The molecule has 1 aliphatic rings. The summed E-state index contributed by atoms with van der Waals surface area (Å²) in [6, 6.07) is 16.8. The van der Waals surface area contributed by atoms with Crippen LogP contribution in [0.4, 0.5) is 5.69 Å². The van der Waals surface area contributed by atoms with E-state index in [4.69, 9.17) is 0 Å². The molecule has 0 amide bonds. The van der Waals surface area contributed by atoms with Crippen LogP contribution >= 0.6 is 15.9 Å². The Morgan fingerprint density at radius 1 is 1.09 bits per heavy atom. The second kappa shape index (κ2) is 7.10. The Kier molecular flexibility index (Phi) is 4.94. The summed E-state index contributed by atoms with van der Waals surface area (Å²) in [6.45, 7) is 2.18. The second-order valence-electron chi connectivity index (χ2n) is 5.94. The lowest BCUT2D eigenvalue weighted by molar-refractivity contribution is 0.112. The Morgan fingerprint density at radius 2 is 1.82 bits per heavy atom. The first-order chi connectivity index (χ1) is 10.8. The number of hydrogen-bond donors (Lipinski definition) is 0. The van der Waals surface area contributed by atoms with Gasteiger partial charge in [-0.25, -0.2) is 0 Å². The molecule has 0 aromatic heterocycles. The van der Waals surface area contributed by atoms with Gasteiger partial charge in [-0.3, -0.25) is 4.79 Å². The van der Waals surface area contributed by atoms with E-state index in [-0.39, 0.29) is 0 Å². The average molecular weight is 358 g/mol. The molecular weight excluding hydrogens is 338 g/mol. The summed E-state index contributed by atoms with van der Waals surface area (Å²) < 4.78 is 0.881. The molecule has 1 saturated heterocycles. The van der Waals surface area contributed by atoms with Crippen LogP contribution in [-0.4, -0.2) is 19.4 Å². The summed E-state index contributed by atoms with van der Waals surface area (Å²) >= 11 is 3.47. The van der Waals surface area contributed by atoms with Crippen molar-refractivity contribution in [3.05, 3.63) is 64.1 Å². The molecule has 3 rings (SSSR count). The van der Waals surface area contributed by atoms with E-state index in [1.165, 1.54) is 30.5 Å². The van der Waals surface area contributed by atoms with Crippen molar-refractivity contribution in [3.63, 3.8) is 0 Å². The number of nitrogens with zero attached hydrogens (tertiary/aromatic N) is 1. The van der Waals surface area contributed by atoms with Gasteiger partial charge in [0.2, 0.25) is 0 Å². The van der Waals surface area contributed by atoms with Crippen LogP contribution < -0.4 is 4.90 Å². The van der Waals surface area contributed by atoms with Crippen molar-refractivity contribution < 1.29 is 4.79 Å². The normalized spacial score (nSPS) is 15.8. The number of halogens is 1. The van der Waals surface area contributed by atoms with Crippen LogP contribution in [-0.2, 0) is 6.42 Å². The van der Waals surface area contributed by atoms with E-state index in [0.29, 0.717) is 5.56 Å². The van der Waals surface area contributed by atoms with Crippen molar-refractivity contribution in [2.45, 2.75) is 19.3 Å². The van der Waals surface area contributed by atoms with E-state index in [2.05, 4.69) is 57.2 Å². The number of hydrogen-bond acceptors (Lipinski definition) is 2. The quantitative estimate of drug-likeness (QED) is 0.737. The third kappa shape index (κ3) is 3.58. The summed E-state index contributed by atoms with van der Waals surface area (Å²) in [4.78, 5) is 13.3. The van der Waals surface area contributed by atoms with Crippen LogP contribution in [0, 0.1) is 5.92 Å². The molecule has 22 heavy (non-hydrogen) atoms. The lowest BCUT2D eigenvalue weighted by Crippen LogP contribution is -2.34. The van der Waals surface area contributed by atoms with Crippen molar-refractivity contribution in [3.8, 4) is 0 Å². The zero-order valence-electron chi connectivity index (χ0n) is 12.5. The van der Waals surface area contributed by atoms with Crippen LogP contribution in [0.2, 0.25) is 0 Å². The molecule has 2 aromatic rings. The Morgan fingerprint density at radius 3 is 2.45 bits per heavy atom. The molecule has 114 valence electrons. The van der Waals surface area contributed by atoms with Gasteiger partial charge in [-0.2, -0.15) is 0 Å². The zero-order chi connectivity index (χ0) is 15.4. The van der Waals surface area contributed by atoms with E-state index >= 15 is 0 Å². The Bertz CT molecular complexity index is 633. The van der Waals surface area contributed by atoms with E-state index < -0.39 is 0 Å². The fourth-order valence-corrected chi connectivity index (χ4v) is 3.61. The Balaban J connectivity index is 1.59. The van der Waals surface area contributed by atoms with Gasteiger partial charge >= 0.3 is 0 Å². The average Bonchev–Trinajstić information content (AvgIpc) is 2.56. The van der Waals surface area contributed by atoms with Crippen molar-refractivity contribution in [2.75, 3.05) is 18.0 Å². The molecule has 1 heterocycles. The van der Waals surface area contributed by atoms with Gasteiger partial charge in [-0.05, 0) is 64.9 Å². The predicted molar refractivity (Wildman–Crippen MR) is 94.6 cm³/mol. The molecule has 2 aromatic carbocycles. The largest absolute Gasteiger partial charge is 0.371 e. The molecule has 0 atom stereocenters. The van der Waals surface area contributed by atoms with Crippen LogP contribution in [0.15, 0.2) is 53.0 Å². The first-order valence-electron chi connectivity index (χ1n) is 7.80. The number of aldehydes is 1. The van der Waals surface area contributed by atoms with Crippen molar-refractivity contribution in [1.82, 2.24) is 0 Å². The minimum atomic E-state index is 0.711. The van der Waals surface area contributed by atoms with Gasteiger partial charge in [-0.1, -0.05) is 30.3 Å². The number of piperidine rings is 1. The monoisotopic (exact) mass is 357 g/mol. The molecule has 0 aliphatic carbocycles. The fourth-order valence-electron chi connectivity index (χ4n) is 3.15. The molecule has 0 saturated carbocycles. The van der Waals surface area contributed by atoms with E-state index in [1.54, 1.807) is 0 Å². The Labute approximate surface area is 140 Å². The maximum Gasteiger partial charge on any atom is 0.151 e. The van der Waals surface area contributed by atoms with Gasteiger partial charge in [0.25, 0.3) is 0 Å². The van der Waals surface area contributed by atoms with E-state index in [1.807, 2.05) is 12.1 Å². The molecule has 0 bridgehead atoms. The highest BCUT2D eigenvalue weighted by Gasteiger charge is 2.20. The van der Waals surface area contributed by atoms with Crippen LogP contribution in [0.1, 0.15) is 28.8 Å². The fraction of sp³-hybridized carbons (Fsp3) is 0.316. The lowest BCUT2D eigenvalue weighted by atomic mass is 9.90. The van der Waals surface area contributed by atoms with Crippen molar-refractivity contribution >= 4 is 27.9 Å². The molecule has 2 nitrogen and oxygen atoms in total. The van der Waals surface area contributed by atoms with Gasteiger partial charge < -0.3 is 4.90 Å². The topological polar surface area (TPSA) is 20.3 Å². The molecule has 1 fully saturated rings. The summed E-state index contributed by atoms with van der Waals surface area (Å²) in [5.41, 5.74) is 3.36. The number of anilines is 1. The van der Waals surface area contributed by atoms with Crippen molar-refractivity contribution in [2.24, 2.45) is 5.92 Å². The third-order valence-corrected chi connectivity index (χ3v) is 5.14. The van der Waals surface area contributed by atoms with Gasteiger partial charge in [0.1, 0.15) is 0 Å². The number of benzene rings is 2. The maximum atomic E-state index is 10.9. The summed E-state index contributed by atoms with van der Waals surface area (Å²) in [7, 11) is 0. The highest BCUT2D eigenvalue weighted by molar-refractivity contribution is 9.10. The lowest BCUT2D eigenvalue weighted by Gasteiger charge is -2.34. The molecule has 0 N–H and O–H groups in total. The molecule has 0 unspecified atom stereocenters. The van der Waals surface area contributed by atoms with Crippen LogP contribution in [0.5, 0.6) is 0 Å². The minimum Gasteiger partial charge on any atom is -0.371 e. The van der Waals surface area contributed by atoms with E-state index in [9.17, 15) is 4.79 Å². The molecule has 0 spiro atoms. The molecule has 0 radical (unpaired) electrons. The summed E-state index contributed by atoms with van der Waals surface area (Å²) in [5.74, 6) is 0.774. The number of rotatable bonds is 4.